The van der Waals surface area contributed by atoms with Gasteiger partial charge in [0, 0.05) is 18.7 Å². The summed E-state index contributed by atoms with van der Waals surface area (Å²) in [6.45, 7) is 4.93. The molecule has 28 heavy (non-hydrogen) atoms. The summed E-state index contributed by atoms with van der Waals surface area (Å²) in [4.78, 5) is 13.8. The quantitative estimate of drug-likeness (QED) is 0.702. The number of ether oxygens (including phenoxy) is 1. The molecule has 0 atom stereocenters. The third-order valence-corrected chi connectivity index (χ3v) is 5.83. The van der Waals surface area contributed by atoms with Gasteiger partial charge < -0.3 is 4.74 Å². The molecule has 2 heterocycles. The fourth-order valence-corrected chi connectivity index (χ4v) is 4.06. The Balaban J connectivity index is 1.70. The van der Waals surface area contributed by atoms with E-state index in [-0.39, 0.29) is 11.8 Å². The van der Waals surface area contributed by atoms with Crippen LogP contribution in [0.2, 0.25) is 0 Å². The molecule has 0 spiro atoms. The zero-order valence-electron chi connectivity index (χ0n) is 16.2. The number of amides is 1. The Morgan fingerprint density at radius 3 is 2.54 bits per heavy atom. The highest BCUT2D eigenvalue weighted by Crippen LogP contribution is 2.19. The minimum atomic E-state index is -3.26. The van der Waals surface area contributed by atoms with Crippen LogP contribution in [0.5, 0.6) is 5.75 Å². The van der Waals surface area contributed by atoms with Gasteiger partial charge in [-0.1, -0.05) is 0 Å². The number of piperazine rings is 1. The maximum absolute atomic E-state index is 12.3. The van der Waals surface area contributed by atoms with Crippen molar-refractivity contribution >= 4 is 21.8 Å². The minimum absolute atomic E-state index is 0.183. The zero-order chi connectivity index (χ0) is 20.5. The summed E-state index contributed by atoms with van der Waals surface area (Å²) in [6, 6.07) is 6.68. The number of anilines is 1. The molecule has 1 saturated heterocycles. The zero-order valence-corrected chi connectivity index (χ0v) is 17.1. The first kappa shape index (κ1) is 20.1. The van der Waals surface area contributed by atoms with Gasteiger partial charge in [0.1, 0.15) is 11.3 Å². The lowest BCUT2D eigenvalue weighted by Gasteiger charge is -2.40. The molecule has 1 amide bonds. The number of nitrogens with one attached hydrogen (secondary N) is 1. The van der Waals surface area contributed by atoms with Crippen molar-refractivity contribution in [2.45, 2.75) is 19.4 Å². The molecule has 11 heteroatoms. The summed E-state index contributed by atoms with van der Waals surface area (Å²) in [5, 5.41) is 8.50. The Kier molecular flexibility index (Phi) is 5.31. The van der Waals surface area contributed by atoms with E-state index in [1.165, 1.54) is 15.4 Å². The van der Waals surface area contributed by atoms with Gasteiger partial charge in [0.2, 0.25) is 15.3 Å². The molecule has 0 unspecified atom stereocenters. The smallest absolute Gasteiger partial charge is 0.306 e. The molecule has 10 nitrogen and oxygen atoms in total. The third kappa shape index (κ3) is 4.25. The van der Waals surface area contributed by atoms with Crippen LogP contribution in [0, 0.1) is 0 Å². The molecule has 0 radical (unpaired) electrons. The maximum Gasteiger partial charge on any atom is 0.306 e. The number of hydrogen-bond acceptors (Lipinski definition) is 7. The van der Waals surface area contributed by atoms with Crippen LogP contribution in [0.1, 0.15) is 24.2 Å². The van der Waals surface area contributed by atoms with Crippen LogP contribution in [0.25, 0.3) is 0 Å². The molecule has 1 N–H and O–H groups in total. The van der Waals surface area contributed by atoms with Gasteiger partial charge in [-0.05, 0) is 38.1 Å². The van der Waals surface area contributed by atoms with Crippen molar-refractivity contribution in [3.05, 3.63) is 36.0 Å². The lowest BCUT2D eigenvalue weighted by atomic mass is 10.0. The van der Waals surface area contributed by atoms with Crippen molar-refractivity contribution in [1.29, 1.82) is 0 Å². The number of nitrogens with zero attached hydrogens (tertiary/aromatic N) is 4. The van der Waals surface area contributed by atoms with Gasteiger partial charge in [0.05, 0.1) is 24.7 Å². The Morgan fingerprint density at radius 2 is 1.96 bits per heavy atom. The van der Waals surface area contributed by atoms with E-state index in [0.29, 0.717) is 30.9 Å². The van der Waals surface area contributed by atoms with Crippen LogP contribution in [-0.2, 0) is 10.0 Å². The van der Waals surface area contributed by atoms with Crippen LogP contribution in [-0.4, -0.2) is 62.4 Å². The van der Waals surface area contributed by atoms with Crippen molar-refractivity contribution in [1.82, 2.24) is 9.58 Å². The fourth-order valence-electron chi connectivity index (χ4n) is 3.10. The second kappa shape index (κ2) is 7.40. The maximum atomic E-state index is 12.3. The monoisotopic (exact) mass is 410 g/mol. The normalized spacial score (nSPS) is 17.4. The number of carbonyl (C=O) groups excluding carboxylic acids is 1. The summed E-state index contributed by atoms with van der Waals surface area (Å²) in [6.07, 6.45) is 2.76. The number of methoxy groups -OCH3 is 1. The number of rotatable bonds is 5. The summed E-state index contributed by atoms with van der Waals surface area (Å²) in [7, 11) is -1.71. The number of benzene rings is 1. The van der Waals surface area contributed by atoms with Crippen molar-refractivity contribution < 1.29 is 27.3 Å². The van der Waals surface area contributed by atoms with E-state index >= 15 is 0 Å². The second-order valence-corrected chi connectivity index (χ2v) is 9.18. The van der Waals surface area contributed by atoms with E-state index in [0.717, 1.165) is 0 Å². The van der Waals surface area contributed by atoms with Crippen molar-refractivity contribution in [2.75, 3.05) is 43.3 Å². The molecule has 3 rings (SSSR count). The van der Waals surface area contributed by atoms with Gasteiger partial charge in [0.15, 0.2) is 0 Å². The highest BCUT2D eigenvalue weighted by Gasteiger charge is 2.43. The summed E-state index contributed by atoms with van der Waals surface area (Å²) < 4.78 is 35.4. The molecule has 1 fully saturated rings. The minimum Gasteiger partial charge on any atom is -0.497 e. The van der Waals surface area contributed by atoms with Gasteiger partial charge in [-0.3, -0.25) is 14.6 Å². The van der Waals surface area contributed by atoms with E-state index in [1.807, 2.05) is 18.9 Å². The topological polar surface area (TPSA) is 109 Å². The van der Waals surface area contributed by atoms with Gasteiger partial charge in [-0.2, -0.15) is 4.31 Å². The Bertz CT molecular complexity index is 955. The molecular formula is C17H24N5O5S+. The molecule has 0 bridgehead atoms. The molecule has 0 saturated carbocycles. The molecule has 0 aliphatic carbocycles. The van der Waals surface area contributed by atoms with Crippen molar-refractivity contribution in [3.8, 4) is 5.75 Å². The average Bonchev–Trinajstić information content (AvgIpc) is 3.08. The number of carbonyl (C=O) groups is 1. The van der Waals surface area contributed by atoms with Crippen LogP contribution < -0.4 is 19.9 Å². The highest BCUT2D eigenvalue weighted by atomic mass is 32.2. The molecule has 1 aliphatic rings. The Hall–Kier alpha value is -2.66. The summed E-state index contributed by atoms with van der Waals surface area (Å²) in [5.74, 6) is 0.499. The number of hydrogen-bond donors (Lipinski definition) is 1. The number of aromatic nitrogens is 2. The van der Waals surface area contributed by atoms with E-state index in [9.17, 15) is 13.2 Å². The molecule has 152 valence electrons. The predicted octanol–water partition coefficient (Wildman–Crippen LogP) is 0.215. The molecule has 2 aromatic rings. The van der Waals surface area contributed by atoms with Gasteiger partial charge in [-0.25, -0.2) is 8.42 Å². The highest BCUT2D eigenvalue weighted by molar-refractivity contribution is 7.88. The Morgan fingerprint density at radius 1 is 1.29 bits per heavy atom. The first-order chi connectivity index (χ1) is 13.1. The van der Waals surface area contributed by atoms with E-state index in [1.54, 1.807) is 37.6 Å². The standard InChI is InChI=1S/C17H23N5O5S/c1-17(2)12-20(28(4,24)25)9-10-21(17)22-11-15(27-19-22)18-16(23)13-5-7-14(26-3)8-6-13/h5-8,11H,9-10,12H2,1-4H3/p+1. The first-order valence-electron chi connectivity index (χ1n) is 8.67. The van der Waals surface area contributed by atoms with Crippen LogP contribution >= 0.6 is 0 Å². The van der Waals surface area contributed by atoms with Gasteiger partial charge >= 0.3 is 5.88 Å². The third-order valence-electron chi connectivity index (χ3n) is 4.58. The predicted molar refractivity (Wildman–Crippen MR) is 101 cm³/mol. The van der Waals surface area contributed by atoms with E-state index in [2.05, 4.69) is 10.6 Å². The van der Waals surface area contributed by atoms with Crippen LogP contribution in [0.15, 0.2) is 35.0 Å². The lowest BCUT2D eigenvalue weighted by molar-refractivity contribution is -0.766. The van der Waals surface area contributed by atoms with Crippen LogP contribution in [0.3, 0.4) is 0 Å². The van der Waals surface area contributed by atoms with E-state index < -0.39 is 15.6 Å². The average molecular weight is 410 g/mol. The molecule has 1 aromatic carbocycles. The number of sulfonamides is 1. The first-order valence-corrected chi connectivity index (χ1v) is 10.5. The van der Waals surface area contributed by atoms with Gasteiger partial charge in [0.25, 0.3) is 12.1 Å². The van der Waals surface area contributed by atoms with Crippen molar-refractivity contribution in [3.63, 3.8) is 0 Å². The SMILES string of the molecule is COc1ccc(C(=O)Nc2c[n+](N3CCN(S(C)(=O)=O)CC3(C)C)no2)cc1. The van der Waals surface area contributed by atoms with Crippen LogP contribution in [0.4, 0.5) is 5.88 Å². The fraction of sp³-hybridized carbons (Fsp3) is 0.471. The lowest BCUT2D eigenvalue weighted by Crippen LogP contribution is -2.74. The molecule has 1 aliphatic heterocycles. The molecule has 1 aromatic heterocycles. The van der Waals surface area contributed by atoms with Gasteiger partial charge in [-0.15, -0.1) is 5.01 Å². The summed E-state index contributed by atoms with van der Waals surface area (Å²) in [5.41, 5.74) is -0.0639. The molecular weight excluding hydrogens is 386 g/mol. The Labute approximate surface area is 163 Å². The second-order valence-electron chi connectivity index (χ2n) is 7.20. The summed E-state index contributed by atoms with van der Waals surface area (Å²) >= 11 is 0. The van der Waals surface area contributed by atoms with E-state index in [4.69, 9.17) is 9.26 Å². The van der Waals surface area contributed by atoms with Crippen molar-refractivity contribution in [2.24, 2.45) is 0 Å². The largest absolute Gasteiger partial charge is 0.497 e.